The van der Waals surface area contributed by atoms with Crippen LogP contribution in [0.2, 0.25) is 0 Å². The van der Waals surface area contributed by atoms with Gasteiger partial charge >= 0.3 is 0 Å². The van der Waals surface area contributed by atoms with Gasteiger partial charge in [0.15, 0.2) is 0 Å². The summed E-state index contributed by atoms with van der Waals surface area (Å²) in [5.74, 6) is -0.129. The first-order valence-corrected chi connectivity index (χ1v) is 22.7. The number of rotatable bonds is 8. The van der Waals surface area contributed by atoms with Crippen molar-refractivity contribution in [1.29, 1.82) is 0 Å². The van der Waals surface area contributed by atoms with Gasteiger partial charge in [0.1, 0.15) is 36.0 Å². The van der Waals surface area contributed by atoms with Gasteiger partial charge in [-0.25, -0.2) is 0 Å². The Kier molecular flexibility index (Phi) is 16.4. The van der Waals surface area contributed by atoms with Gasteiger partial charge in [-0.2, -0.15) is 50.5 Å². The monoisotopic (exact) mass is 926 g/mol. The third kappa shape index (κ3) is 15.2. The summed E-state index contributed by atoms with van der Waals surface area (Å²) in [6.07, 6.45) is 0. The molecule has 57 heavy (non-hydrogen) atoms. The second kappa shape index (κ2) is 18.6. The molecule has 0 radical (unpaired) electrons. The minimum atomic E-state index is -4.61. The van der Waals surface area contributed by atoms with E-state index >= 15 is 0 Å². The molecule has 0 saturated carbocycles. The fraction of sp³-hybridized carbons (Fsp3) is 0.111. The van der Waals surface area contributed by atoms with Crippen molar-refractivity contribution in [2.45, 2.75) is 36.3 Å². The molecule has 318 valence electrons. The van der Waals surface area contributed by atoms with Crippen LogP contribution in [-0.4, -0.2) is 92.0 Å². The standard InChI is InChI=1S/C7H9NO7S2.C7H9NO4S.C7H9NO3S.C6H7NO6S2/c1-15-5-3-6(16(9,10)11)4(8)2-7(5)17(12,13)14;1-12-5-2-3-6(8)7(4-5)13(9,10)11;1-5-2-3-6(8)7(4-5)12(9,10)11;7-5-3-4(14(8,9)10)1-2-6(5)15(11,12)13/h2-3H,8H2,1H3,(H,9,10,11)(H,12,13,14);2-4H,8H2,1H3,(H,9,10,11);2-4H,8H2,1H3,(H,9,10,11);1-3H,7H2,(H,8,9,10)(H,11,12,13). The molecule has 24 nitrogen and oxygen atoms in total. The summed E-state index contributed by atoms with van der Waals surface area (Å²) in [5.41, 5.74) is 20.9. The van der Waals surface area contributed by atoms with E-state index in [-0.39, 0.29) is 21.2 Å². The zero-order valence-corrected chi connectivity index (χ0v) is 33.9. The van der Waals surface area contributed by atoms with Crippen molar-refractivity contribution < 1.29 is 87.3 Å². The van der Waals surface area contributed by atoms with E-state index in [0.717, 1.165) is 36.9 Å². The minimum Gasteiger partial charge on any atom is -0.497 e. The van der Waals surface area contributed by atoms with Gasteiger partial charge < -0.3 is 32.4 Å². The molecule has 0 unspecified atom stereocenters. The van der Waals surface area contributed by atoms with Crippen LogP contribution in [0, 0.1) is 6.92 Å². The van der Waals surface area contributed by atoms with Crippen LogP contribution in [0.15, 0.2) is 96.1 Å². The third-order valence-corrected chi connectivity index (χ3v) is 11.7. The Bertz CT molecular complexity index is 2810. The number of hydrogen-bond acceptors (Lipinski definition) is 18. The molecule has 0 aromatic heterocycles. The van der Waals surface area contributed by atoms with E-state index in [1.165, 1.54) is 31.4 Å². The van der Waals surface area contributed by atoms with E-state index in [1.54, 1.807) is 13.0 Å². The van der Waals surface area contributed by atoms with Crippen molar-refractivity contribution >= 4 is 83.5 Å². The summed E-state index contributed by atoms with van der Waals surface area (Å²) in [4.78, 5) is -3.14. The summed E-state index contributed by atoms with van der Waals surface area (Å²) in [5, 5.41) is 0. The molecular weight excluding hydrogens is 893 g/mol. The first-order chi connectivity index (χ1) is 25.5. The summed E-state index contributed by atoms with van der Waals surface area (Å²) in [7, 11) is -24.2. The van der Waals surface area contributed by atoms with Crippen molar-refractivity contribution in [3.05, 3.63) is 72.3 Å². The van der Waals surface area contributed by atoms with Crippen molar-refractivity contribution in [2.75, 3.05) is 37.2 Å². The first-order valence-electron chi connectivity index (χ1n) is 14.1. The number of hydrogen-bond donors (Lipinski definition) is 10. The quantitative estimate of drug-likeness (QED) is 0.0866. The Labute approximate surface area is 326 Å². The van der Waals surface area contributed by atoms with Gasteiger partial charge in [0.2, 0.25) is 0 Å². The average molecular weight is 927 g/mol. The maximum absolute atomic E-state index is 10.9. The molecule has 0 bridgehead atoms. The van der Waals surface area contributed by atoms with Gasteiger partial charge in [-0.1, -0.05) is 6.07 Å². The molecule has 0 heterocycles. The van der Waals surface area contributed by atoms with Crippen molar-refractivity contribution in [1.82, 2.24) is 0 Å². The number of nitrogen functional groups attached to an aromatic ring is 4. The number of ether oxygens (including phenoxy) is 2. The highest BCUT2D eigenvalue weighted by molar-refractivity contribution is 7.87. The van der Waals surface area contributed by atoms with Crippen LogP contribution in [0.25, 0.3) is 0 Å². The molecule has 4 aromatic carbocycles. The lowest BCUT2D eigenvalue weighted by molar-refractivity contribution is 0.395. The van der Waals surface area contributed by atoms with Gasteiger partial charge in [-0.05, 0) is 61.0 Å². The number of anilines is 4. The van der Waals surface area contributed by atoms with Crippen LogP contribution >= 0.6 is 0 Å². The SMILES string of the molecule is COc1cc(S(=O)(=O)O)c(N)cc1S(=O)(=O)O.COc1ccc(N)c(S(=O)(=O)O)c1.Cc1ccc(N)c(S(=O)(=O)O)c1.Nc1cc(S(=O)(=O)O)ccc1S(=O)(=O)O. The van der Waals surface area contributed by atoms with E-state index in [2.05, 4.69) is 4.74 Å². The fourth-order valence-corrected chi connectivity index (χ4v) is 7.52. The number of methoxy groups -OCH3 is 2. The summed E-state index contributed by atoms with van der Waals surface area (Å²) < 4.78 is 191. The average Bonchev–Trinajstić information content (AvgIpc) is 3.04. The lowest BCUT2D eigenvalue weighted by Crippen LogP contribution is -2.08. The summed E-state index contributed by atoms with van der Waals surface area (Å²) >= 11 is 0. The Morgan fingerprint density at radius 1 is 0.404 bits per heavy atom. The van der Waals surface area contributed by atoms with Crippen molar-refractivity contribution in [2.24, 2.45) is 0 Å². The molecule has 0 aliphatic heterocycles. The molecule has 30 heteroatoms. The minimum absolute atomic E-state index is 0.0108. The Balaban J connectivity index is 0.000000383. The van der Waals surface area contributed by atoms with Gasteiger partial charge in [0.25, 0.3) is 60.7 Å². The fourth-order valence-electron chi connectivity index (χ4n) is 3.79. The Morgan fingerprint density at radius 2 is 0.807 bits per heavy atom. The highest BCUT2D eigenvalue weighted by Crippen LogP contribution is 2.31. The number of benzene rings is 4. The second-order valence-corrected chi connectivity index (χ2v) is 18.9. The molecule has 4 aromatic rings. The smallest absolute Gasteiger partial charge is 0.298 e. The molecule has 0 spiro atoms. The van der Waals surface area contributed by atoms with E-state index in [4.69, 9.17) is 55.0 Å². The van der Waals surface area contributed by atoms with E-state index in [1.807, 2.05) is 0 Å². The van der Waals surface area contributed by atoms with Crippen molar-refractivity contribution in [3.63, 3.8) is 0 Å². The van der Waals surface area contributed by atoms with Crippen LogP contribution < -0.4 is 32.4 Å². The zero-order chi connectivity index (χ0) is 44.7. The van der Waals surface area contributed by atoms with E-state index in [9.17, 15) is 50.5 Å². The first kappa shape index (κ1) is 50.2. The lowest BCUT2D eigenvalue weighted by atomic mass is 10.2. The highest BCUT2D eigenvalue weighted by atomic mass is 32.2. The van der Waals surface area contributed by atoms with Gasteiger partial charge in [-0.15, -0.1) is 0 Å². The molecule has 0 atom stereocenters. The predicted molar refractivity (Wildman–Crippen MR) is 200 cm³/mol. The Hall–Kier alpha value is -4.86. The van der Waals surface area contributed by atoms with E-state index < -0.39 is 97.4 Å². The molecule has 0 aliphatic carbocycles. The Morgan fingerprint density at radius 3 is 1.18 bits per heavy atom. The largest absolute Gasteiger partial charge is 0.497 e. The summed E-state index contributed by atoms with van der Waals surface area (Å²) in [6.45, 7) is 1.72. The number of aryl methyl sites for hydroxylation is 1. The normalized spacial score (nSPS) is 12.0. The zero-order valence-electron chi connectivity index (χ0n) is 29.0. The van der Waals surface area contributed by atoms with E-state index in [0.29, 0.717) is 17.9 Å². The summed E-state index contributed by atoms with van der Waals surface area (Å²) in [6, 6.07) is 12.2. The predicted octanol–water partition coefficient (Wildman–Crippen LogP) is 0.881. The molecule has 0 saturated heterocycles. The lowest BCUT2D eigenvalue weighted by Gasteiger charge is -2.09. The molecule has 0 fully saturated rings. The van der Waals surface area contributed by atoms with Crippen LogP contribution in [-0.2, 0) is 60.7 Å². The molecule has 14 N–H and O–H groups in total. The van der Waals surface area contributed by atoms with Crippen LogP contribution in [0.5, 0.6) is 11.5 Å². The van der Waals surface area contributed by atoms with Crippen LogP contribution in [0.3, 0.4) is 0 Å². The molecule has 4 rings (SSSR count). The van der Waals surface area contributed by atoms with Crippen LogP contribution in [0.4, 0.5) is 22.7 Å². The van der Waals surface area contributed by atoms with Crippen molar-refractivity contribution in [3.8, 4) is 11.5 Å². The third-order valence-electron chi connectivity index (χ3n) is 6.35. The molecule has 0 aliphatic rings. The van der Waals surface area contributed by atoms with Gasteiger partial charge in [0, 0.05) is 12.1 Å². The number of nitrogens with two attached hydrogens (primary N) is 4. The maximum atomic E-state index is 10.9. The van der Waals surface area contributed by atoms with Crippen LogP contribution in [0.1, 0.15) is 5.56 Å². The maximum Gasteiger partial charge on any atom is 0.298 e. The molecular formula is C27H34N4O20S6. The van der Waals surface area contributed by atoms with Gasteiger partial charge in [-0.3, -0.25) is 27.3 Å². The highest BCUT2D eigenvalue weighted by Gasteiger charge is 2.24. The topological polar surface area (TPSA) is 449 Å². The second-order valence-electron chi connectivity index (χ2n) is 10.5. The molecule has 0 amide bonds. The van der Waals surface area contributed by atoms with Gasteiger partial charge in [0.05, 0.1) is 41.9 Å².